The van der Waals surface area contributed by atoms with Gasteiger partial charge in [0.2, 0.25) is 11.8 Å². The van der Waals surface area contributed by atoms with Crippen LogP contribution in [0, 0.1) is 23.7 Å². The summed E-state index contributed by atoms with van der Waals surface area (Å²) >= 11 is 0. The maximum Gasteiger partial charge on any atom is 0.490 e. The van der Waals surface area contributed by atoms with E-state index in [2.05, 4.69) is 50.3 Å². The van der Waals surface area contributed by atoms with Gasteiger partial charge in [-0.15, -0.1) is 0 Å². The van der Waals surface area contributed by atoms with Crippen molar-refractivity contribution in [3.63, 3.8) is 0 Å². The summed E-state index contributed by atoms with van der Waals surface area (Å²) in [6.45, 7) is 6.42. The van der Waals surface area contributed by atoms with E-state index in [-0.39, 0.29) is 37.0 Å². The molecule has 0 spiro atoms. The lowest BCUT2D eigenvalue weighted by atomic mass is 9.92. The van der Waals surface area contributed by atoms with E-state index in [0.29, 0.717) is 44.3 Å². The Bertz CT molecular complexity index is 1920. The van der Waals surface area contributed by atoms with E-state index in [0.717, 1.165) is 22.6 Å². The zero-order chi connectivity index (χ0) is 46.5. The Morgan fingerprint density at radius 3 is 2.40 bits per heavy atom. The van der Waals surface area contributed by atoms with Gasteiger partial charge in [0.15, 0.2) is 0 Å². The van der Waals surface area contributed by atoms with Crippen molar-refractivity contribution >= 4 is 90.5 Å². The third-order valence-corrected chi connectivity index (χ3v) is 16.2. The summed E-state index contributed by atoms with van der Waals surface area (Å²) in [6, 6.07) is 7.82. The molecule has 2 aliphatic rings. The number of amides is 4. The van der Waals surface area contributed by atoms with E-state index >= 15 is 0 Å². The summed E-state index contributed by atoms with van der Waals surface area (Å²) in [4.78, 5) is 87.6. The smallest absolute Gasteiger partial charge is 0.450 e. The number of nitrogens with one attached hydrogen (secondary N) is 3. The number of hydrogen-bond acceptors (Lipinski definition) is 18. The second-order valence-electron chi connectivity index (χ2n) is 13.7. The number of rotatable bonds is 28. The Balaban J connectivity index is 1.38. The van der Waals surface area contributed by atoms with Gasteiger partial charge in [0.05, 0.1) is 49.9 Å². The van der Waals surface area contributed by atoms with Crippen LogP contribution in [-0.2, 0) is 66.6 Å². The molecule has 0 bridgehead atoms. The normalized spacial score (nSPS) is 20.8. The first-order chi connectivity index (χ1) is 29.8. The van der Waals surface area contributed by atoms with Gasteiger partial charge in [0, 0.05) is 30.2 Å². The van der Waals surface area contributed by atoms with Crippen molar-refractivity contribution in [2.45, 2.75) is 76.1 Å². The van der Waals surface area contributed by atoms with Crippen LogP contribution in [0.4, 0.5) is 4.79 Å². The quantitative estimate of drug-likeness (QED) is 0.0144. The Hall–Kier alpha value is -1.91. The van der Waals surface area contributed by atoms with Crippen molar-refractivity contribution < 1.29 is 84.5 Å². The van der Waals surface area contributed by atoms with E-state index in [1.165, 1.54) is 38.5 Å². The second kappa shape index (κ2) is 28.3. The van der Waals surface area contributed by atoms with Crippen molar-refractivity contribution in [2.24, 2.45) is 11.8 Å². The fourth-order valence-corrected chi connectivity index (χ4v) is 11.4. The number of phosphoric ester groups is 1. The van der Waals surface area contributed by atoms with Gasteiger partial charge >= 0.3 is 29.6 Å². The molecule has 7 N–H and O–H groups in total. The molecular weight excluding hydrogens is 972 g/mol. The first-order valence-corrected chi connectivity index (χ1v) is 28.6. The number of carbonyl (C=O) groups is 4. The van der Waals surface area contributed by atoms with Gasteiger partial charge in [-0.1, -0.05) is 87.9 Å². The lowest BCUT2D eigenvalue weighted by molar-refractivity contribution is -0.134. The number of alkyl carbamates (subject to hydrolysis) is 1. The Morgan fingerprint density at radius 1 is 0.968 bits per heavy atom. The lowest BCUT2D eigenvalue weighted by Crippen LogP contribution is -2.44. The fraction of sp³-hybridized carbons (Fsp3) is 0.600. The molecule has 3 rings (SSSR count). The third-order valence-electron chi connectivity index (χ3n) is 8.19. The van der Waals surface area contributed by atoms with Crippen molar-refractivity contribution in [1.29, 1.82) is 0 Å². The summed E-state index contributed by atoms with van der Waals surface area (Å²) in [6.07, 6.45) is 0.0330. The van der Waals surface area contributed by atoms with E-state index < -0.39 is 72.2 Å². The Labute approximate surface area is 381 Å². The second-order valence-corrected chi connectivity index (χ2v) is 23.1. The van der Waals surface area contributed by atoms with Gasteiger partial charge in [-0.2, -0.15) is 8.62 Å². The first kappa shape index (κ1) is 55.4. The summed E-state index contributed by atoms with van der Waals surface area (Å²) in [5.41, 5.74) is 0.841. The van der Waals surface area contributed by atoms with E-state index in [1.54, 1.807) is 10.8 Å². The first-order valence-electron chi connectivity index (χ1n) is 19.2. The Morgan fingerprint density at radius 2 is 1.70 bits per heavy atom. The summed E-state index contributed by atoms with van der Waals surface area (Å²) in [5, 5.41) is 7.58. The maximum atomic E-state index is 12.9. The molecule has 2 aliphatic heterocycles. The number of phosphoric acid groups is 3. The third kappa shape index (κ3) is 23.4. The molecule has 0 saturated carbocycles. The number of carbonyl (C=O) groups excluding carboxylic acids is 4. The van der Waals surface area contributed by atoms with E-state index in [9.17, 15) is 42.7 Å². The topological polar surface area (TPSA) is 301 Å². The van der Waals surface area contributed by atoms with Crippen molar-refractivity contribution in [2.75, 3.05) is 50.5 Å². The Kier molecular flexibility index (Phi) is 24.9. The minimum absolute atomic E-state index is 0.0111. The van der Waals surface area contributed by atoms with Crippen molar-refractivity contribution in [3.05, 3.63) is 41.5 Å². The minimum Gasteiger partial charge on any atom is -0.450 e. The molecule has 1 saturated heterocycles. The number of imide groups is 1. The average Bonchev–Trinajstić information content (AvgIpc) is 3.59. The van der Waals surface area contributed by atoms with Gasteiger partial charge in [-0.05, 0) is 49.0 Å². The molecule has 6 atom stereocenters. The lowest BCUT2D eigenvalue weighted by Gasteiger charge is -2.24. The van der Waals surface area contributed by atoms with Crippen LogP contribution < -0.4 is 16.0 Å². The largest absolute Gasteiger partial charge is 0.490 e. The van der Waals surface area contributed by atoms with Crippen LogP contribution in [0.15, 0.2) is 40.8 Å². The van der Waals surface area contributed by atoms with Gasteiger partial charge < -0.3 is 49.2 Å². The van der Waals surface area contributed by atoms with Gasteiger partial charge in [0.25, 0.3) is 5.91 Å². The molecule has 0 radical (unpaired) electrons. The van der Waals surface area contributed by atoms with Crippen LogP contribution >= 0.6 is 66.6 Å². The van der Waals surface area contributed by atoms with Crippen molar-refractivity contribution in [3.8, 4) is 11.8 Å². The summed E-state index contributed by atoms with van der Waals surface area (Å²) in [5.74, 6) is 4.48. The number of hydrogen-bond donors (Lipinski definition) is 7. The van der Waals surface area contributed by atoms with E-state index in [1.807, 2.05) is 31.2 Å². The van der Waals surface area contributed by atoms with Crippen molar-refractivity contribution in [1.82, 2.24) is 16.0 Å². The van der Waals surface area contributed by atoms with Crippen LogP contribution in [0.3, 0.4) is 0 Å². The zero-order valence-electron chi connectivity index (χ0n) is 34.4. The van der Waals surface area contributed by atoms with Crippen LogP contribution in [0.1, 0.15) is 52.0 Å². The van der Waals surface area contributed by atoms with Crippen LogP contribution in [0.25, 0.3) is 0 Å². The molecule has 21 nitrogen and oxygen atoms in total. The molecule has 1 aromatic rings. The molecule has 1 fully saturated rings. The molecule has 0 aromatic heterocycles. The predicted octanol–water partition coefficient (Wildman–Crippen LogP) is 5.06. The van der Waals surface area contributed by atoms with Gasteiger partial charge in [-0.25, -0.2) is 18.5 Å². The molecule has 2 heterocycles. The van der Waals surface area contributed by atoms with Gasteiger partial charge in [0.1, 0.15) is 18.0 Å². The van der Waals surface area contributed by atoms with Crippen LogP contribution in [0.2, 0.25) is 0 Å². The molecular formula is C35H52N3O18P3S4. The standard InChI is InChI=1S/C35H52N3O18P3S4/c1-4-60-61-23-52-30-20-29(54-31(30)21-53-58(46,47)56-59(48,49)55-57(43,44)45)28-19-26(33(40)38-34(28)41)8-7-14-37-35(42)51-17-6-5-16-50-22-62-63-27-11-9-25(10-12-27)18-32(39)36-15-13-24(2)3/h9-12,19,24,28-31H,4-6,13-18,20-23H2,1-3H3,(H,36,39)(H,37,42)(H,46,47)(H,48,49)(H,38,40,41)(H2,43,44,45)/t28?,29-,30-,31?/m1/s1. The predicted molar refractivity (Wildman–Crippen MR) is 237 cm³/mol. The highest BCUT2D eigenvalue weighted by Crippen LogP contribution is 2.66. The molecule has 4 amide bonds. The fourth-order valence-electron chi connectivity index (χ4n) is 5.35. The number of benzene rings is 1. The van der Waals surface area contributed by atoms with Crippen LogP contribution in [0.5, 0.6) is 0 Å². The highest BCUT2D eigenvalue weighted by Gasteiger charge is 2.46. The number of ether oxygens (including phenoxy) is 4. The zero-order valence-corrected chi connectivity index (χ0v) is 40.4. The summed E-state index contributed by atoms with van der Waals surface area (Å²) in [7, 11) is -10.9. The number of unbranched alkanes of at least 4 members (excludes halogenated alkanes) is 1. The van der Waals surface area contributed by atoms with Crippen LogP contribution in [-0.4, -0.2) is 112 Å². The average molecular weight is 1020 g/mol. The molecule has 4 unspecified atom stereocenters. The minimum atomic E-state index is -5.76. The molecule has 0 aliphatic carbocycles. The highest BCUT2D eigenvalue weighted by atomic mass is 33.1. The SMILES string of the molecule is CCSSCO[C@@H]1C[C@H](C2C=C(C#CCNC(=O)OCCCCOCSSc3ccc(CC(=O)NCCC(C)C)cc3)C(=O)NC2=O)OC1COP(=O)(O)OP(=O)(O)OP(=O)(O)O. The molecule has 1 aromatic carbocycles. The molecule has 354 valence electrons. The van der Waals surface area contributed by atoms with E-state index in [4.69, 9.17) is 33.3 Å². The maximum absolute atomic E-state index is 12.9. The highest BCUT2D eigenvalue weighted by molar-refractivity contribution is 8.77. The van der Waals surface area contributed by atoms with Gasteiger partial charge in [-0.3, -0.25) is 24.2 Å². The summed E-state index contributed by atoms with van der Waals surface area (Å²) < 4.78 is 69.8. The molecule has 28 heteroatoms. The molecule has 63 heavy (non-hydrogen) atoms. The monoisotopic (exact) mass is 1020 g/mol.